The summed E-state index contributed by atoms with van der Waals surface area (Å²) in [4.78, 5) is 7.06. The Morgan fingerprint density at radius 3 is 2.55 bits per heavy atom. The molecule has 162 valence electrons. The molecule has 0 N–H and O–H groups in total. The van der Waals surface area contributed by atoms with Gasteiger partial charge in [0.15, 0.2) is 0 Å². The van der Waals surface area contributed by atoms with Gasteiger partial charge in [0, 0.05) is 19.3 Å². The molecule has 2 heterocycles. The Labute approximate surface area is 193 Å². The zero-order valence-electron chi connectivity index (χ0n) is 17.3. The van der Waals surface area contributed by atoms with E-state index in [0.717, 1.165) is 23.4 Å². The molecule has 0 radical (unpaired) electrons. The second kappa shape index (κ2) is 8.79. The van der Waals surface area contributed by atoms with Gasteiger partial charge in [-0.15, -0.1) is 0 Å². The third kappa shape index (κ3) is 4.88. The van der Waals surface area contributed by atoms with E-state index in [1.54, 1.807) is 18.2 Å². The normalized spacial score (nSPS) is 18.2. The van der Waals surface area contributed by atoms with E-state index in [4.69, 9.17) is 28.2 Å². The highest BCUT2D eigenvalue weighted by atomic mass is 35.5. The van der Waals surface area contributed by atoms with Gasteiger partial charge >= 0.3 is 0 Å². The Balaban J connectivity index is 1.51. The molecule has 2 aromatic rings. The molecule has 0 spiro atoms. The van der Waals surface area contributed by atoms with Gasteiger partial charge in [-0.2, -0.15) is 4.31 Å². The summed E-state index contributed by atoms with van der Waals surface area (Å²) >= 11 is 12.4. The Bertz CT molecular complexity index is 1190. The fraction of sp³-hybridized carbons (Fsp3) is 0.261. The van der Waals surface area contributed by atoms with Crippen LogP contribution < -0.4 is 0 Å². The minimum Gasteiger partial charge on any atom is -0.347 e. The highest BCUT2D eigenvalue weighted by Gasteiger charge is 2.27. The van der Waals surface area contributed by atoms with Gasteiger partial charge < -0.3 is 4.90 Å². The van der Waals surface area contributed by atoms with Crippen molar-refractivity contribution in [3.8, 4) is 0 Å². The van der Waals surface area contributed by atoms with Crippen molar-refractivity contribution in [2.75, 3.05) is 12.8 Å². The second-order valence-corrected chi connectivity index (χ2v) is 10.6. The number of nitrogens with zero attached hydrogens (tertiary/aromatic N) is 3. The third-order valence-corrected chi connectivity index (χ3v) is 7.52. The van der Waals surface area contributed by atoms with E-state index >= 15 is 0 Å². The summed E-state index contributed by atoms with van der Waals surface area (Å²) in [6, 6.07) is 13.1. The van der Waals surface area contributed by atoms with E-state index in [0.29, 0.717) is 15.6 Å². The van der Waals surface area contributed by atoms with Crippen LogP contribution in [0.4, 0.5) is 0 Å². The van der Waals surface area contributed by atoms with Crippen molar-refractivity contribution in [1.82, 2.24) is 9.21 Å². The zero-order chi connectivity index (χ0) is 22.2. The summed E-state index contributed by atoms with van der Waals surface area (Å²) in [6.45, 7) is 3.24. The summed E-state index contributed by atoms with van der Waals surface area (Å²) in [5.41, 5.74) is 4.85. The molecular weight excluding hydrogens is 453 g/mol. The number of aliphatic imine (C=N–C) groups is 1. The number of halogens is 2. The van der Waals surface area contributed by atoms with Crippen LogP contribution in [0.2, 0.25) is 10.0 Å². The highest BCUT2D eigenvalue weighted by Crippen LogP contribution is 2.28. The molecule has 0 saturated carbocycles. The predicted molar refractivity (Wildman–Crippen MR) is 127 cm³/mol. The van der Waals surface area contributed by atoms with E-state index in [1.165, 1.54) is 16.1 Å². The van der Waals surface area contributed by atoms with Crippen molar-refractivity contribution in [2.24, 2.45) is 4.99 Å². The number of benzene rings is 2. The number of hydrogen-bond acceptors (Lipinski definition) is 4. The van der Waals surface area contributed by atoms with Gasteiger partial charge in [-0.05, 0) is 41.3 Å². The van der Waals surface area contributed by atoms with Crippen LogP contribution in [0.3, 0.4) is 0 Å². The van der Waals surface area contributed by atoms with Gasteiger partial charge in [0.05, 0.1) is 28.6 Å². The summed E-state index contributed by atoms with van der Waals surface area (Å²) in [5.74, 6) is 0. The SMILES string of the molecule is CC1=CC=CN2CC(c3ccc(CN(Cc4cccc(Cl)c4Cl)S(C)(=O)=O)cc3)=NC12. The smallest absolute Gasteiger partial charge is 0.211 e. The lowest BCUT2D eigenvalue weighted by Crippen LogP contribution is -2.29. The number of hydrogen-bond donors (Lipinski definition) is 0. The van der Waals surface area contributed by atoms with E-state index < -0.39 is 10.0 Å². The van der Waals surface area contributed by atoms with Crippen molar-refractivity contribution in [3.05, 3.63) is 93.1 Å². The summed E-state index contributed by atoms with van der Waals surface area (Å²) in [5, 5.41) is 0.785. The molecule has 0 aromatic heterocycles. The fourth-order valence-electron chi connectivity index (χ4n) is 3.73. The molecule has 0 bridgehead atoms. The van der Waals surface area contributed by atoms with Crippen LogP contribution in [0.25, 0.3) is 0 Å². The van der Waals surface area contributed by atoms with Crippen molar-refractivity contribution in [1.29, 1.82) is 0 Å². The van der Waals surface area contributed by atoms with Crippen LogP contribution >= 0.6 is 23.2 Å². The quantitative estimate of drug-likeness (QED) is 0.599. The van der Waals surface area contributed by atoms with Gasteiger partial charge in [0.2, 0.25) is 10.0 Å². The molecule has 4 rings (SSSR count). The van der Waals surface area contributed by atoms with Crippen LogP contribution in [-0.2, 0) is 23.1 Å². The van der Waals surface area contributed by atoms with E-state index in [9.17, 15) is 8.42 Å². The monoisotopic (exact) mass is 475 g/mol. The summed E-state index contributed by atoms with van der Waals surface area (Å²) in [7, 11) is -3.45. The molecule has 0 saturated heterocycles. The highest BCUT2D eigenvalue weighted by molar-refractivity contribution is 7.88. The number of fused-ring (bicyclic) bond motifs is 1. The molecule has 8 heteroatoms. The fourth-order valence-corrected chi connectivity index (χ4v) is 4.87. The minimum absolute atomic E-state index is 0.0721. The predicted octanol–water partition coefficient (Wildman–Crippen LogP) is 4.86. The molecule has 2 aromatic carbocycles. The molecule has 1 atom stereocenters. The van der Waals surface area contributed by atoms with Gasteiger partial charge in [0.1, 0.15) is 6.17 Å². The molecule has 0 aliphatic carbocycles. The van der Waals surface area contributed by atoms with Gasteiger partial charge in [-0.25, -0.2) is 8.42 Å². The van der Waals surface area contributed by atoms with E-state index in [2.05, 4.69) is 24.1 Å². The van der Waals surface area contributed by atoms with Gasteiger partial charge in [0.25, 0.3) is 0 Å². The van der Waals surface area contributed by atoms with Crippen molar-refractivity contribution < 1.29 is 8.42 Å². The zero-order valence-corrected chi connectivity index (χ0v) is 19.6. The number of sulfonamides is 1. The van der Waals surface area contributed by atoms with Crippen LogP contribution in [0, 0.1) is 0 Å². The lowest BCUT2D eigenvalue weighted by Gasteiger charge is -2.24. The Hall–Kier alpha value is -2.12. The topological polar surface area (TPSA) is 53.0 Å². The van der Waals surface area contributed by atoms with Gasteiger partial charge in [-0.3, -0.25) is 4.99 Å². The maximum absolute atomic E-state index is 12.4. The van der Waals surface area contributed by atoms with Crippen LogP contribution in [0.5, 0.6) is 0 Å². The number of rotatable bonds is 6. The van der Waals surface area contributed by atoms with Crippen LogP contribution in [-0.4, -0.2) is 42.3 Å². The van der Waals surface area contributed by atoms with E-state index in [-0.39, 0.29) is 19.3 Å². The summed E-state index contributed by atoms with van der Waals surface area (Å²) in [6.07, 6.45) is 7.46. The molecule has 31 heavy (non-hydrogen) atoms. The van der Waals surface area contributed by atoms with E-state index in [1.807, 2.05) is 30.3 Å². The maximum Gasteiger partial charge on any atom is 0.211 e. The first-order chi connectivity index (χ1) is 14.7. The average Bonchev–Trinajstić information content (AvgIpc) is 3.16. The Kier molecular flexibility index (Phi) is 6.26. The first kappa shape index (κ1) is 22.1. The van der Waals surface area contributed by atoms with Crippen LogP contribution in [0.1, 0.15) is 23.6 Å². The molecule has 5 nitrogen and oxygen atoms in total. The first-order valence-electron chi connectivity index (χ1n) is 9.87. The molecule has 0 amide bonds. The lowest BCUT2D eigenvalue weighted by molar-refractivity contribution is 0.378. The minimum atomic E-state index is -3.45. The van der Waals surface area contributed by atoms with Crippen molar-refractivity contribution in [3.63, 3.8) is 0 Å². The number of allylic oxidation sites excluding steroid dienone is 2. The average molecular weight is 476 g/mol. The van der Waals surface area contributed by atoms with Crippen LogP contribution in [0.15, 0.2) is 71.4 Å². The molecule has 0 fully saturated rings. The second-order valence-electron chi connectivity index (χ2n) is 7.81. The summed E-state index contributed by atoms with van der Waals surface area (Å²) < 4.78 is 26.2. The maximum atomic E-state index is 12.4. The van der Waals surface area contributed by atoms with Crippen molar-refractivity contribution >= 4 is 38.9 Å². The molecule has 2 aliphatic heterocycles. The molecular formula is C23H23Cl2N3O2S. The standard InChI is InChI=1S/C23H23Cl2N3O2S/c1-16-5-4-12-27-15-21(26-23(16)27)18-10-8-17(9-11-18)13-28(31(2,29)30)14-19-6-3-7-20(24)22(19)25/h3-12,23H,13-15H2,1-2H3. The third-order valence-electron chi connectivity index (χ3n) is 5.46. The Morgan fingerprint density at radius 1 is 1.13 bits per heavy atom. The Morgan fingerprint density at radius 2 is 1.87 bits per heavy atom. The van der Waals surface area contributed by atoms with Crippen molar-refractivity contribution in [2.45, 2.75) is 26.2 Å². The lowest BCUT2D eigenvalue weighted by atomic mass is 10.1. The largest absolute Gasteiger partial charge is 0.347 e. The van der Waals surface area contributed by atoms with Gasteiger partial charge in [-0.1, -0.05) is 65.7 Å². The molecule has 1 unspecified atom stereocenters. The first-order valence-corrected chi connectivity index (χ1v) is 12.5. The molecule has 2 aliphatic rings.